The summed E-state index contributed by atoms with van der Waals surface area (Å²) in [6, 6.07) is 1.13. The number of carbonyl (C=O) groups excluding carboxylic acids is 1. The third-order valence-electron chi connectivity index (χ3n) is 3.40. The lowest BCUT2D eigenvalue weighted by atomic mass is 10.3. The van der Waals surface area contributed by atoms with Gasteiger partial charge < -0.3 is 14.5 Å². The molecule has 21 heavy (non-hydrogen) atoms. The van der Waals surface area contributed by atoms with E-state index < -0.39 is 15.0 Å². The van der Waals surface area contributed by atoms with E-state index in [0.29, 0.717) is 19.3 Å². The quantitative estimate of drug-likeness (QED) is 0.636. The van der Waals surface area contributed by atoms with Crippen molar-refractivity contribution >= 4 is 25.6 Å². The van der Waals surface area contributed by atoms with Gasteiger partial charge in [-0.15, -0.1) is 0 Å². The van der Waals surface area contributed by atoms with Gasteiger partial charge in [-0.2, -0.15) is 0 Å². The van der Waals surface area contributed by atoms with Crippen molar-refractivity contribution in [2.24, 2.45) is 0 Å². The molecule has 0 unspecified atom stereocenters. The fraction of sp³-hybridized carbons (Fsp3) is 0.615. The zero-order chi connectivity index (χ0) is 15.5. The number of nitrogens with one attached hydrogen (secondary N) is 1. The Morgan fingerprint density at radius 1 is 1.48 bits per heavy atom. The third kappa shape index (κ3) is 4.46. The molecule has 0 atom stereocenters. The van der Waals surface area contributed by atoms with Crippen molar-refractivity contribution in [3.63, 3.8) is 0 Å². The molecule has 1 aromatic rings. The minimum absolute atomic E-state index is 0.0763. The van der Waals surface area contributed by atoms with Crippen molar-refractivity contribution in [3.8, 4) is 0 Å². The number of ether oxygens (including phenoxy) is 1. The van der Waals surface area contributed by atoms with Crippen LogP contribution in [0.2, 0.25) is 0 Å². The molecule has 8 heteroatoms. The summed E-state index contributed by atoms with van der Waals surface area (Å²) in [5.74, 6) is -0.468. The Morgan fingerprint density at radius 3 is 2.71 bits per heavy atom. The van der Waals surface area contributed by atoms with Crippen molar-refractivity contribution < 1.29 is 22.4 Å². The second kappa shape index (κ2) is 6.81. The SMILES string of the molecule is Cc1oc(C(=O)NCCOC2CCCC2)cc1S(=O)(=O)Cl. The highest BCUT2D eigenvalue weighted by Crippen LogP contribution is 2.23. The molecule has 1 aromatic heterocycles. The van der Waals surface area contributed by atoms with Gasteiger partial charge in [-0.05, 0) is 19.8 Å². The number of aryl methyl sites for hydroxylation is 1. The van der Waals surface area contributed by atoms with Gasteiger partial charge in [-0.1, -0.05) is 12.8 Å². The average Bonchev–Trinajstić information content (AvgIpc) is 3.02. The van der Waals surface area contributed by atoms with E-state index in [-0.39, 0.29) is 16.4 Å². The molecular weight excluding hydrogens is 318 g/mol. The summed E-state index contributed by atoms with van der Waals surface area (Å²) in [6.07, 6.45) is 4.82. The highest BCUT2D eigenvalue weighted by Gasteiger charge is 2.22. The standard InChI is InChI=1S/C13H18ClNO5S/c1-9-12(21(14,17)18)8-11(20-9)13(16)15-6-7-19-10-4-2-3-5-10/h8,10H,2-7H2,1H3,(H,15,16). The lowest BCUT2D eigenvalue weighted by molar-refractivity contribution is 0.0577. The highest BCUT2D eigenvalue weighted by molar-refractivity contribution is 8.13. The number of amides is 1. The monoisotopic (exact) mass is 335 g/mol. The maximum absolute atomic E-state index is 11.8. The molecule has 0 aromatic carbocycles. The number of furan rings is 1. The van der Waals surface area contributed by atoms with Gasteiger partial charge in [-0.3, -0.25) is 4.79 Å². The van der Waals surface area contributed by atoms with Crippen LogP contribution in [-0.2, 0) is 13.8 Å². The molecule has 1 amide bonds. The molecule has 1 heterocycles. The van der Waals surface area contributed by atoms with Gasteiger partial charge in [-0.25, -0.2) is 8.42 Å². The van der Waals surface area contributed by atoms with E-state index in [1.54, 1.807) is 0 Å². The zero-order valence-electron chi connectivity index (χ0n) is 11.7. The largest absolute Gasteiger partial charge is 0.455 e. The van der Waals surface area contributed by atoms with Gasteiger partial charge in [0.25, 0.3) is 15.0 Å². The van der Waals surface area contributed by atoms with Crippen LogP contribution in [0.5, 0.6) is 0 Å². The smallest absolute Gasteiger partial charge is 0.287 e. The Hall–Kier alpha value is -1.05. The van der Waals surface area contributed by atoms with Gasteiger partial charge in [0.1, 0.15) is 10.7 Å². The van der Waals surface area contributed by atoms with Crippen LogP contribution in [0.25, 0.3) is 0 Å². The van der Waals surface area contributed by atoms with Crippen LogP contribution < -0.4 is 5.32 Å². The lowest BCUT2D eigenvalue weighted by Gasteiger charge is -2.10. The fourth-order valence-corrected chi connectivity index (χ4v) is 3.44. The number of carbonyl (C=O) groups is 1. The predicted octanol–water partition coefficient (Wildman–Crippen LogP) is 2.20. The first kappa shape index (κ1) is 16.3. The van der Waals surface area contributed by atoms with Gasteiger partial charge in [0.2, 0.25) is 0 Å². The molecule has 1 aliphatic carbocycles. The van der Waals surface area contributed by atoms with Crippen molar-refractivity contribution in [3.05, 3.63) is 17.6 Å². The Labute approximate surface area is 128 Å². The summed E-state index contributed by atoms with van der Waals surface area (Å²) in [5, 5.41) is 2.62. The highest BCUT2D eigenvalue weighted by atomic mass is 35.7. The average molecular weight is 336 g/mol. The van der Waals surface area contributed by atoms with E-state index in [9.17, 15) is 13.2 Å². The van der Waals surface area contributed by atoms with E-state index >= 15 is 0 Å². The molecule has 0 spiro atoms. The molecule has 2 rings (SSSR count). The molecule has 6 nitrogen and oxygen atoms in total. The van der Waals surface area contributed by atoms with Crippen molar-refractivity contribution in [1.82, 2.24) is 5.32 Å². The molecule has 1 saturated carbocycles. The number of hydrogen-bond acceptors (Lipinski definition) is 5. The summed E-state index contributed by atoms with van der Waals surface area (Å²) in [5.41, 5.74) is 0. The first-order valence-electron chi connectivity index (χ1n) is 6.83. The van der Waals surface area contributed by atoms with Crippen LogP contribution in [0.3, 0.4) is 0 Å². The summed E-state index contributed by atoms with van der Waals surface area (Å²) in [6.45, 7) is 2.21. The molecule has 0 aliphatic heterocycles. The van der Waals surface area contributed by atoms with Gasteiger partial charge >= 0.3 is 0 Å². The first-order chi connectivity index (χ1) is 9.88. The summed E-state index contributed by atoms with van der Waals surface area (Å²) in [7, 11) is 1.33. The van der Waals surface area contributed by atoms with E-state index in [2.05, 4.69) is 5.32 Å². The summed E-state index contributed by atoms with van der Waals surface area (Å²) in [4.78, 5) is 11.7. The number of rotatable bonds is 6. The molecule has 0 radical (unpaired) electrons. The van der Waals surface area contributed by atoms with Gasteiger partial charge in [0.05, 0.1) is 12.7 Å². The van der Waals surface area contributed by atoms with Crippen LogP contribution in [0.15, 0.2) is 15.4 Å². The predicted molar refractivity (Wildman–Crippen MR) is 77.0 cm³/mol. The Morgan fingerprint density at radius 2 is 2.14 bits per heavy atom. The number of halogens is 1. The van der Waals surface area contributed by atoms with E-state index in [0.717, 1.165) is 18.9 Å². The zero-order valence-corrected chi connectivity index (χ0v) is 13.3. The van der Waals surface area contributed by atoms with Crippen LogP contribution >= 0.6 is 10.7 Å². The third-order valence-corrected chi connectivity index (χ3v) is 4.83. The molecule has 0 bridgehead atoms. The molecule has 1 aliphatic rings. The van der Waals surface area contributed by atoms with Gasteiger partial charge in [0.15, 0.2) is 5.76 Å². The van der Waals surface area contributed by atoms with Crippen LogP contribution in [-0.4, -0.2) is 33.6 Å². The molecule has 1 N–H and O–H groups in total. The Bertz CT molecular complexity index is 604. The lowest BCUT2D eigenvalue weighted by Crippen LogP contribution is -2.28. The van der Waals surface area contributed by atoms with Crippen LogP contribution in [0.4, 0.5) is 0 Å². The second-order valence-corrected chi connectivity index (χ2v) is 7.54. The van der Waals surface area contributed by atoms with Crippen LogP contribution in [0.1, 0.15) is 42.0 Å². The second-order valence-electron chi connectivity index (χ2n) is 5.00. The maximum Gasteiger partial charge on any atom is 0.287 e. The number of hydrogen-bond donors (Lipinski definition) is 1. The molecule has 1 fully saturated rings. The normalized spacial score (nSPS) is 16.3. The minimum atomic E-state index is -3.91. The summed E-state index contributed by atoms with van der Waals surface area (Å²) < 4.78 is 33.2. The van der Waals surface area contributed by atoms with E-state index in [1.807, 2.05) is 0 Å². The van der Waals surface area contributed by atoms with Crippen molar-refractivity contribution in [1.29, 1.82) is 0 Å². The Kier molecular flexibility index (Phi) is 5.29. The Balaban J connectivity index is 1.83. The first-order valence-corrected chi connectivity index (χ1v) is 9.14. The van der Waals surface area contributed by atoms with Gasteiger partial charge in [0, 0.05) is 23.3 Å². The molecular formula is C13H18ClNO5S. The maximum atomic E-state index is 11.8. The van der Waals surface area contributed by atoms with Crippen molar-refractivity contribution in [2.75, 3.05) is 13.2 Å². The molecule has 0 saturated heterocycles. The fourth-order valence-electron chi connectivity index (χ4n) is 2.35. The summed E-state index contributed by atoms with van der Waals surface area (Å²) >= 11 is 0. The minimum Gasteiger partial charge on any atom is -0.455 e. The van der Waals surface area contributed by atoms with E-state index in [4.69, 9.17) is 19.8 Å². The van der Waals surface area contributed by atoms with Crippen LogP contribution in [0, 0.1) is 6.92 Å². The van der Waals surface area contributed by atoms with Crippen molar-refractivity contribution in [2.45, 2.75) is 43.6 Å². The van der Waals surface area contributed by atoms with E-state index in [1.165, 1.54) is 19.8 Å². The molecule has 118 valence electrons. The topological polar surface area (TPSA) is 85.6 Å².